The molecule has 1 saturated carbocycles. The van der Waals surface area contributed by atoms with Gasteiger partial charge in [0.2, 0.25) is 5.91 Å². The molecule has 0 aromatic carbocycles. The minimum atomic E-state index is -0.384. The third-order valence-electron chi connectivity index (χ3n) is 3.48. The molecule has 1 aliphatic rings. The lowest BCUT2D eigenvalue weighted by molar-refractivity contribution is -0.122. The lowest BCUT2D eigenvalue weighted by Gasteiger charge is -2.26. The zero-order valence-corrected chi connectivity index (χ0v) is 10.6. The highest BCUT2D eigenvalue weighted by molar-refractivity contribution is 5.76. The van der Waals surface area contributed by atoms with Crippen molar-refractivity contribution >= 4 is 5.91 Å². The summed E-state index contributed by atoms with van der Waals surface area (Å²) in [6.07, 6.45) is 7.41. The number of rotatable bonds is 3. The first-order valence-electron chi connectivity index (χ1n) is 6.46. The number of nitrogens with one attached hydrogen (secondary N) is 1. The molecule has 1 aromatic rings. The number of nitrogens with zero attached hydrogens (tertiary/aromatic N) is 2. The van der Waals surface area contributed by atoms with Crippen molar-refractivity contribution in [3.8, 4) is 0 Å². The molecule has 1 heterocycles. The van der Waals surface area contributed by atoms with Crippen LogP contribution in [0.5, 0.6) is 0 Å². The van der Waals surface area contributed by atoms with Gasteiger partial charge in [-0.25, -0.2) is 9.78 Å². The van der Waals surface area contributed by atoms with E-state index in [4.69, 9.17) is 0 Å². The number of aromatic nitrogens is 2. The van der Waals surface area contributed by atoms with E-state index in [2.05, 4.69) is 17.2 Å². The van der Waals surface area contributed by atoms with Crippen molar-refractivity contribution in [2.24, 2.45) is 5.92 Å². The molecule has 5 nitrogen and oxygen atoms in total. The van der Waals surface area contributed by atoms with Gasteiger partial charge in [-0.2, -0.15) is 0 Å². The van der Waals surface area contributed by atoms with Gasteiger partial charge in [-0.3, -0.25) is 9.36 Å². The first kappa shape index (κ1) is 12.8. The fraction of sp³-hybridized carbons (Fsp3) is 0.615. The molecule has 0 radical (unpaired) electrons. The molecule has 1 amide bonds. The highest BCUT2D eigenvalue weighted by Crippen LogP contribution is 2.23. The highest BCUT2D eigenvalue weighted by Gasteiger charge is 2.19. The molecule has 0 saturated heterocycles. The maximum atomic E-state index is 11.8. The van der Waals surface area contributed by atoms with Gasteiger partial charge in [0.25, 0.3) is 0 Å². The summed E-state index contributed by atoms with van der Waals surface area (Å²) in [6.45, 7) is 2.30. The largest absolute Gasteiger partial charge is 0.352 e. The topological polar surface area (TPSA) is 64.0 Å². The van der Waals surface area contributed by atoms with E-state index in [-0.39, 0.29) is 24.2 Å². The maximum absolute atomic E-state index is 11.8. The van der Waals surface area contributed by atoms with Gasteiger partial charge in [-0.05, 0) is 37.7 Å². The van der Waals surface area contributed by atoms with Crippen LogP contribution in [0.1, 0.15) is 32.6 Å². The van der Waals surface area contributed by atoms with Crippen LogP contribution in [0.2, 0.25) is 0 Å². The summed E-state index contributed by atoms with van der Waals surface area (Å²) < 4.78 is 1.32. The van der Waals surface area contributed by atoms with Gasteiger partial charge in [0.1, 0.15) is 6.54 Å². The highest BCUT2D eigenvalue weighted by atomic mass is 16.2. The molecular formula is C13H19N3O2. The van der Waals surface area contributed by atoms with Crippen LogP contribution in [0.15, 0.2) is 23.3 Å². The van der Waals surface area contributed by atoms with Crippen LogP contribution >= 0.6 is 0 Å². The summed E-state index contributed by atoms with van der Waals surface area (Å²) in [5, 5.41) is 2.99. The van der Waals surface area contributed by atoms with Crippen LogP contribution in [0.25, 0.3) is 0 Å². The van der Waals surface area contributed by atoms with Gasteiger partial charge in [-0.15, -0.1) is 0 Å². The molecule has 1 aromatic heterocycles. The number of carbonyl (C=O) groups excluding carboxylic acids is 1. The van der Waals surface area contributed by atoms with E-state index in [1.807, 2.05) is 0 Å². The predicted molar refractivity (Wildman–Crippen MR) is 68.1 cm³/mol. The fourth-order valence-corrected chi connectivity index (χ4v) is 2.34. The lowest BCUT2D eigenvalue weighted by atomic mass is 9.87. The zero-order valence-electron chi connectivity index (χ0n) is 10.6. The smallest absolute Gasteiger partial charge is 0.347 e. The molecule has 1 N–H and O–H groups in total. The van der Waals surface area contributed by atoms with Gasteiger partial charge in [0.15, 0.2) is 0 Å². The Morgan fingerprint density at radius 2 is 2.17 bits per heavy atom. The summed E-state index contributed by atoms with van der Waals surface area (Å²) in [6, 6.07) is 1.91. The van der Waals surface area contributed by atoms with Crippen molar-refractivity contribution in [1.82, 2.24) is 14.9 Å². The van der Waals surface area contributed by atoms with Crippen LogP contribution in [0.3, 0.4) is 0 Å². The monoisotopic (exact) mass is 249 g/mol. The lowest BCUT2D eigenvalue weighted by Crippen LogP contribution is -2.40. The van der Waals surface area contributed by atoms with E-state index in [1.54, 1.807) is 12.3 Å². The van der Waals surface area contributed by atoms with E-state index < -0.39 is 0 Å². The first-order valence-corrected chi connectivity index (χ1v) is 6.46. The molecule has 0 spiro atoms. The summed E-state index contributed by atoms with van der Waals surface area (Å²) in [7, 11) is 0. The zero-order chi connectivity index (χ0) is 13.0. The summed E-state index contributed by atoms with van der Waals surface area (Å²) in [4.78, 5) is 26.8. The number of hydrogen-bond donors (Lipinski definition) is 1. The maximum Gasteiger partial charge on any atom is 0.347 e. The van der Waals surface area contributed by atoms with E-state index in [9.17, 15) is 9.59 Å². The molecule has 1 aliphatic carbocycles. The fourth-order valence-electron chi connectivity index (χ4n) is 2.34. The third kappa shape index (κ3) is 3.42. The minimum Gasteiger partial charge on any atom is -0.352 e. The Labute approximate surface area is 106 Å². The van der Waals surface area contributed by atoms with Crippen molar-refractivity contribution < 1.29 is 4.79 Å². The Kier molecular flexibility index (Phi) is 4.12. The Morgan fingerprint density at radius 3 is 2.83 bits per heavy atom. The third-order valence-corrected chi connectivity index (χ3v) is 3.48. The molecule has 0 bridgehead atoms. The molecule has 0 unspecified atom stereocenters. The normalized spacial score (nSPS) is 23.6. The molecule has 5 heteroatoms. The van der Waals surface area contributed by atoms with Gasteiger partial charge in [-0.1, -0.05) is 6.92 Å². The van der Waals surface area contributed by atoms with Crippen molar-refractivity contribution in [3.63, 3.8) is 0 Å². The van der Waals surface area contributed by atoms with Gasteiger partial charge in [0, 0.05) is 18.4 Å². The van der Waals surface area contributed by atoms with Crippen LogP contribution in [-0.2, 0) is 11.3 Å². The SMILES string of the molecule is CC1CCC(NC(=O)Cn2cccnc2=O)CC1. The second-order valence-electron chi connectivity index (χ2n) is 5.05. The van der Waals surface area contributed by atoms with Crippen LogP contribution < -0.4 is 11.0 Å². The Morgan fingerprint density at radius 1 is 1.44 bits per heavy atom. The van der Waals surface area contributed by atoms with E-state index in [0.717, 1.165) is 31.6 Å². The molecule has 1 fully saturated rings. The van der Waals surface area contributed by atoms with Gasteiger partial charge >= 0.3 is 5.69 Å². The summed E-state index contributed by atoms with van der Waals surface area (Å²) >= 11 is 0. The van der Waals surface area contributed by atoms with Crippen molar-refractivity contribution in [2.75, 3.05) is 0 Å². The molecule has 2 rings (SSSR count). The molecule has 0 aliphatic heterocycles. The quantitative estimate of drug-likeness (QED) is 0.867. The van der Waals surface area contributed by atoms with E-state index in [1.165, 1.54) is 10.8 Å². The van der Waals surface area contributed by atoms with Crippen LogP contribution in [0, 0.1) is 5.92 Å². The predicted octanol–water partition coefficient (Wildman–Crippen LogP) is 0.938. The molecule has 18 heavy (non-hydrogen) atoms. The standard InChI is InChI=1S/C13H19N3O2/c1-10-3-5-11(6-4-10)15-12(17)9-16-8-2-7-14-13(16)18/h2,7-8,10-11H,3-6,9H2,1H3,(H,15,17). The molecule has 98 valence electrons. The Hall–Kier alpha value is -1.65. The van der Waals surface area contributed by atoms with Gasteiger partial charge < -0.3 is 5.32 Å². The molecule has 0 atom stereocenters. The summed E-state index contributed by atoms with van der Waals surface area (Å²) in [5.74, 6) is 0.656. The molecular weight excluding hydrogens is 230 g/mol. The number of carbonyl (C=O) groups is 1. The van der Waals surface area contributed by atoms with E-state index >= 15 is 0 Å². The van der Waals surface area contributed by atoms with Crippen molar-refractivity contribution in [1.29, 1.82) is 0 Å². The number of hydrogen-bond acceptors (Lipinski definition) is 3. The van der Waals surface area contributed by atoms with Crippen molar-refractivity contribution in [2.45, 2.75) is 45.2 Å². The first-order chi connectivity index (χ1) is 8.65. The minimum absolute atomic E-state index is 0.0543. The summed E-state index contributed by atoms with van der Waals surface area (Å²) in [5.41, 5.74) is -0.384. The van der Waals surface area contributed by atoms with Crippen LogP contribution in [0.4, 0.5) is 0 Å². The number of amides is 1. The van der Waals surface area contributed by atoms with E-state index in [0.29, 0.717) is 0 Å². The Bertz CT molecular complexity index is 461. The van der Waals surface area contributed by atoms with Crippen LogP contribution in [-0.4, -0.2) is 21.5 Å². The Balaban J connectivity index is 1.86. The average molecular weight is 249 g/mol. The van der Waals surface area contributed by atoms with Gasteiger partial charge in [0.05, 0.1) is 0 Å². The second kappa shape index (κ2) is 5.80. The average Bonchev–Trinajstić information content (AvgIpc) is 2.35. The van der Waals surface area contributed by atoms with Crippen molar-refractivity contribution in [3.05, 3.63) is 28.9 Å². The second-order valence-corrected chi connectivity index (χ2v) is 5.05.